The second kappa shape index (κ2) is 7.29. The molecular weight excluding hydrogens is 241 g/mol. The van der Waals surface area contributed by atoms with E-state index in [0.717, 1.165) is 0 Å². The average Bonchev–Trinajstić information content (AvgIpc) is 2.36. The Labute approximate surface area is 105 Å². The molecule has 1 atom stereocenters. The molecule has 3 nitrogen and oxygen atoms in total. The van der Waals surface area contributed by atoms with Gasteiger partial charge < -0.3 is 10.1 Å². The number of ether oxygens (including phenoxy) is 1. The molecule has 0 heterocycles. The van der Waals surface area contributed by atoms with Gasteiger partial charge in [-0.3, -0.25) is 4.79 Å². The minimum Gasteiger partial charge on any atom is -0.468 e. The Morgan fingerprint density at radius 3 is 2.82 bits per heavy atom. The van der Waals surface area contributed by atoms with E-state index in [1.807, 2.05) is 0 Å². The second-order valence-electron chi connectivity index (χ2n) is 3.43. The van der Waals surface area contributed by atoms with Crippen molar-refractivity contribution in [3.05, 3.63) is 30.1 Å². The van der Waals surface area contributed by atoms with Crippen molar-refractivity contribution in [1.82, 2.24) is 5.32 Å². The summed E-state index contributed by atoms with van der Waals surface area (Å²) in [4.78, 5) is 11.9. The van der Waals surface area contributed by atoms with Gasteiger partial charge in [-0.05, 0) is 25.6 Å². The zero-order valence-corrected chi connectivity index (χ0v) is 10.7. The predicted octanol–water partition coefficient (Wildman–Crippen LogP) is 2.07. The summed E-state index contributed by atoms with van der Waals surface area (Å²) in [7, 11) is 3.06. The molecule has 0 fully saturated rings. The molecule has 1 aromatic rings. The normalized spacial score (nSPS) is 12.2. The van der Waals surface area contributed by atoms with E-state index in [4.69, 9.17) is 0 Å². The van der Waals surface area contributed by atoms with Gasteiger partial charge in [0.1, 0.15) is 11.9 Å². The Morgan fingerprint density at radius 2 is 2.24 bits per heavy atom. The maximum absolute atomic E-state index is 13.3. The number of halogens is 1. The maximum Gasteiger partial charge on any atom is 0.322 e. The van der Waals surface area contributed by atoms with Crippen LogP contribution in [0, 0.1) is 5.82 Å². The Balaban J connectivity index is 2.42. The van der Waals surface area contributed by atoms with Crippen LogP contribution in [0.15, 0.2) is 29.2 Å². The zero-order chi connectivity index (χ0) is 12.7. The minimum absolute atomic E-state index is 0.225. The molecule has 0 aliphatic carbocycles. The molecule has 94 valence electrons. The van der Waals surface area contributed by atoms with Gasteiger partial charge in [-0.25, -0.2) is 4.39 Å². The third kappa shape index (κ3) is 4.36. The maximum atomic E-state index is 13.3. The molecule has 1 rings (SSSR count). The summed E-state index contributed by atoms with van der Waals surface area (Å²) < 4.78 is 17.9. The quantitative estimate of drug-likeness (QED) is 0.625. The molecule has 0 aliphatic rings. The predicted molar refractivity (Wildman–Crippen MR) is 66.6 cm³/mol. The number of hydrogen-bond acceptors (Lipinski definition) is 4. The Bertz CT molecular complexity index is 373. The van der Waals surface area contributed by atoms with Crippen LogP contribution in [0.3, 0.4) is 0 Å². The van der Waals surface area contributed by atoms with Gasteiger partial charge >= 0.3 is 5.97 Å². The van der Waals surface area contributed by atoms with Crippen LogP contribution in [-0.4, -0.2) is 31.9 Å². The van der Waals surface area contributed by atoms with E-state index in [1.54, 1.807) is 25.2 Å². The van der Waals surface area contributed by atoms with Gasteiger partial charge in [0.2, 0.25) is 0 Å². The van der Waals surface area contributed by atoms with Gasteiger partial charge in [-0.2, -0.15) is 0 Å². The Hall–Kier alpha value is -1.07. The fourth-order valence-electron chi connectivity index (χ4n) is 1.37. The summed E-state index contributed by atoms with van der Waals surface area (Å²) in [5.74, 6) is 0.139. The highest BCUT2D eigenvalue weighted by Crippen LogP contribution is 2.22. The van der Waals surface area contributed by atoms with Crippen molar-refractivity contribution in [2.45, 2.75) is 17.4 Å². The molecule has 0 spiro atoms. The van der Waals surface area contributed by atoms with E-state index >= 15 is 0 Å². The largest absolute Gasteiger partial charge is 0.468 e. The molecule has 0 aliphatic heterocycles. The lowest BCUT2D eigenvalue weighted by atomic mass is 10.2. The summed E-state index contributed by atoms with van der Waals surface area (Å²) in [6.45, 7) is 0. The number of carbonyl (C=O) groups excluding carboxylic acids is 1. The number of thioether (sulfide) groups is 1. The third-order valence-electron chi connectivity index (χ3n) is 2.33. The van der Waals surface area contributed by atoms with Crippen LogP contribution in [0.2, 0.25) is 0 Å². The van der Waals surface area contributed by atoms with Gasteiger partial charge in [-0.15, -0.1) is 11.8 Å². The van der Waals surface area contributed by atoms with E-state index in [1.165, 1.54) is 24.9 Å². The van der Waals surface area contributed by atoms with Crippen LogP contribution < -0.4 is 5.32 Å². The molecule has 0 amide bonds. The molecule has 0 saturated heterocycles. The van der Waals surface area contributed by atoms with Crippen LogP contribution in [0.4, 0.5) is 4.39 Å². The molecule has 0 bridgehead atoms. The van der Waals surface area contributed by atoms with Crippen LogP contribution in [-0.2, 0) is 9.53 Å². The monoisotopic (exact) mass is 257 g/mol. The fraction of sp³-hybridized carbons (Fsp3) is 0.417. The second-order valence-corrected chi connectivity index (χ2v) is 4.57. The molecular formula is C12H16FNO2S. The van der Waals surface area contributed by atoms with E-state index < -0.39 is 0 Å². The number of rotatable bonds is 6. The molecule has 0 aromatic heterocycles. The number of esters is 1. The van der Waals surface area contributed by atoms with Gasteiger partial charge in [0, 0.05) is 10.6 Å². The van der Waals surface area contributed by atoms with Crippen LogP contribution >= 0.6 is 11.8 Å². The lowest BCUT2D eigenvalue weighted by Crippen LogP contribution is -2.35. The highest BCUT2D eigenvalue weighted by Gasteiger charge is 2.16. The first-order chi connectivity index (χ1) is 8.19. The molecule has 17 heavy (non-hydrogen) atoms. The fourth-order valence-corrected chi connectivity index (χ4v) is 2.33. The van der Waals surface area contributed by atoms with E-state index in [0.29, 0.717) is 17.1 Å². The summed E-state index contributed by atoms with van der Waals surface area (Å²) in [5.41, 5.74) is 0. The third-order valence-corrected chi connectivity index (χ3v) is 3.42. The number of nitrogens with one attached hydrogen (secondary N) is 1. The first-order valence-electron chi connectivity index (χ1n) is 5.31. The minimum atomic E-state index is -0.334. The molecule has 1 N–H and O–H groups in total. The lowest BCUT2D eigenvalue weighted by Gasteiger charge is -2.13. The molecule has 0 saturated carbocycles. The lowest BCUT2D eigenvalue weighted by molar-refractivity contribution is -0.143. The number of methoxy groups -OCH3 is 1. The SMILES string of the molecule is CNC(CCSc1ccccc1F)C(=O)OC. The van der Waals surface area contributed by atoms with Crippen molar-refractivity contribution >= 4 is 17.7 Å². The average molecular weight is 257 g/mol. The summed E-state index contributed by atoms with van der Waals surface area (Å²) >= 11 is 1.40. The van der Waals surface area contributed by atoms with Crippen LogP contribution in [0.25, 0.3) is 0 Å². The highest BCUT2D eigenvalue weighted by molar-refractivity contribution is 7.99. The van der Waals surface area contributed by atoms with Crippen molar-refractivity contribution in [1.29, 1.82) is 0 Å². The topological polar surface area (TPSA) is 38.3 Å². The van der Waals surface area contributed by atoms with Crippen molar-refractivity contribution in [3.63, 3.8) is 0 Å². The number of likely N-dealkylation sites (N-methyl/N-ethyl adjacent to an activating group) is 1. The summed E-state index contributed by atoms with van der Waals surface area (Å²) in [6.07, 6.45) is 0.599. The van der Waals surface area contributed by atoms with Gasteiger partial charge in [-0.1, -0.05) is 12.1 Å². The standard InChI is InChI=1S/C12H16FNO2S/c1-14-10(12(15)16-2)7-8-17-11-6-4-3-5-9(11)13/h3-6,10,14H,7-8H2,1-2H3. The van der Waals surface area contributed by atoms with E-state index in [9.17, 15) is 9.18 Å². The number of benzene rings is 1. The van der Waals surface area contributed by atoms with Gasteiger partial charge in [0.25, 0.3) is 0 Å². The first kappa shape index (κ1) is 14.0. The summed E-state index contributed by atoms with van der Waals surface area (Å²) in [5, 5.41) is 2.87. The highest BCUT2D eigenvalue weighted by atomic mass is 32.2. The molecule has 5 heteroatoms. The van der Waals surface area contributed by atoms with Crippen LogP contribution in [0.1, 0.15) is 6.42 Å². The Kier molecular flexibility index (Phi) is 6.00. The number of hydrogen-bond donors (Lipinski definition) is 1. The smallest absolute Gasteiger partial charge is 0.322 e. The first-order valence-corrected chi connectivity index (χ1v) is 6.30. The zero-order valence-electron chi connectivity index (χ0n) is 9.90. The molecule has 1 unspecified atom stereocenters. The van der Waals surface area contributed by atoms with Crippen molar-refractivity contribution in [2.75, 3.05) is 19.9 Å². The van der Waals surface area contributed by atoms with Gasteiger partial charge in [0.15, 0.2) is 0 Å². The molecule has 1 aromatic carbocycles. The number of carbonyl (C=O) groups is 1. The van der Waals surface area contributed by atoms with E-state index in [2.05, 4.69) is 10.1 Å². The molecule has 0 radical (unpaired) electrons. The van der Waals surface area contributed by atoms with Crippen LogP contribution in [0.5, 0.6) is 0 Å². The van der Waals surface area contributed by atoms with Crippen molar-refractivity contribution in [2.24, 2.45) is 0 Å². The van der Waals surface area contributed by atoms with Gasteiger partial charge in [0.05, 0.1) is 7.11 Å². The van der Waals surface area contributed by atoms with Crippen molar-refractivity contribution in [3.8, 4) is 0 Å². The summed E-state index contributed by atoms with van der Waals surface area (Å²) in [6, 6.07) is 6.27. The Morgan fingerprint density at radius 1 is 1.53 bits per heavy atom. The van der Waals surface area contributed by atoms with E-state index in [-0.39, 0.29) is 17.8 Å². The van der Waals surface area contributed by atoms with Crippen molar-refractivity contribution < 1.29 is 13.9 Å².